The molecule has 0 saturated carbocycles. The molecule has 0 aromatic heterocycles. The lowest BCUT2D eigenvalue weighted by molar-refractivity contribution is -0.384. The van der Waals surface area contributed by atoms with Gasteiger partial charge in [-0.1, -0.05) is 6.92 Å². The Morgan fingerprint density at radius 2 is 1.96 bits per heavy atom. The Morgan fingerprint density at radius 3 is 2.39 bits per heavy atom. The first-order valence-electron chi connectivity index (χ1n) is 7.17. The van der Waals surface area contributed by atoms with Crippen LogP contribution in [0.4, 0.5) is 5.69 Å². The van der Waals surface area contributed by atoms with Crippen LogP contribution in [0.1, 0.15) is 30.1 Å². The summed E-state index contributed by atoms with van der Waals surface area (Å²) in [4.78, 5) is 35.4. The zero-order valence-electron chi connectivity index (χ0n) is 13.1. The van der Waals surface area contributed by atoms with Crippen molar-refractivity contribution in [2.75, 3.05) is 20.3 Å². The third-order valence-electron chi connectivity index (χ3n) is 3.49. The average Bonchev–Trinajstić information content (AvgIpc) is 2.57. The van der Waals surface area contributed by atoms with Crippen LogP contribution in [0.15, 0.2) is 24.3 Å². The highest BCUT2D eigenvalue weighted by Gasteiger charge is 2.24. The summed E-state index contributed by atoms with van der Waals surface area (Å²) >= 11 is 0. The molecule has 0 aliphatic rings. The normalized spacial score (nSPS) is 11.6. The summed E-state index contributed by atoms with van der Waals surface area (Å²) < 4.78 is 4.56. The van der Waals surface area contributed by atoms with Crippen LogP contribution in [-0.4, -0.2) is 53.1 Å². The molecule has 8 nitrogen and oxygen atoms in total. The molecule has 1 aromatic rings. The predicted octanol–water partition coefficient (Wildman–Crippen LogP) is 1.37. The van der Waals surface area contributed by atoms with E-state index in [9.17, 15) is 24.8 Å². The number of non-ortho nitro benzene ring substituents is 1. The van der Waals surface area contributed by atoms with Crippen molar-refractivity contribution in [2.24, 2.45) is 0 Å². The number of carbonyl (C=O) groups is 2. The van der Waals surface area contributed by atoms with Crippen LogP contribution in [0.5, 0.6) is 0 Å². The highest BCUT2D eigenvalue weighted by Crippen LogP contribution is 2.16. The molecule has 0 spiro atoms. The number of hydrogen-bond donors (Lipinski definition) is 1. The van der Waals surface area contributed by atoms with Gasteiger partial charge in [0.2, 0.25) is 0 Å². The number of nitro groups is 1. The van der Waals surface area contributed by atoms with Crippen molar-refractivity contribution in [3.63, 3.8) is 0 Å². The molecule has 1 N–H and O–H groups in total. The van der Waals surface area contributed by atoms with Gasteiger partial charge in [-0.2, -0.15) is 0 Å². The van der Waals surface area contributed by atoms with Crippen molar-refractivity contribution in [1.82, 2.24) is 4.90 Å². The molecule has 1 aromatic carbocycles. The van der Waals surface area contributed by atoms with Gasteiger partial charge in [-0.3, -0.25) is 19.7 Å². The quantitative estimate of drug-likeness (QED) is 0.439. The Hall–Kier alpha value is -2.48. The fourth-order valence-electron chi connectivity index (χ4n) is 2.10. The Labute approximate surface area is 133 Å². The molecule has 0 aliphatic heterocycles. The van der Waals surface area contributed by atoms with E-state index in [1.807, 2.05) is 6.92 Å². The summed E-state index contributed by atoms with van der Waals surface area (Å²) in [5, 5.41) is 20.1. The van der Waals surface area contributed by atoms with Gasteiger partial charge in [0, 0.05) is 24.2 Å². The Bertz CT molecular complexity index is 554. The number of nitro benzene ring substituents is 1. The fourth-order valence-corrected chi connectivity index (χ4v) is 2.10. The molecule has 126 valence electrons. The number of carbonyl (C=O) groups excluding carboxylic acids is 2. The second-order valence-corrected chi connectivity index (χ2v) is 4.87. The second-order valence-electron chi connectivity index (χ2n) is 4.87. The Balaban J connectivity index is 2.97. The van der Waals surface area contributed by atoms with E-state index in [1.165, 1.54) is 36.3 Å². The molecule has 0 aliphatic carbocycles. The molecule has 1 rings (SSSR count). The Morgan fingerprint density at radius 1 is 1.35 bits per heavy atom. The maximum Gasteiger partial charge on any atom is 0.307 e. The average molecular weight is 324 g/mol. The van der Waals surface area contributed by atoms with Crippen LogP contribution in [0.3, 0.4) is 0 Å². The minimum Gasteiger partial charge on any atom is -0.469 e. The number of rotatable bonds is 8. The number of hydrogen-bond acceptors (Lipinski definition) is 6. The summed E-state index contributed by atoms with van der Waals surface area (Å²) in [5.74, 6) is -0.857. The van der Waals surface area contributed by atoms with Crippen LogP contribution >= 0.6 is 0 Å². The van der Waals surface area contributed by atoms with Crippen molar-refractivity contribution < 1.29 is 24.4 Å². The number of benzene rings is 1. The van der Waals surface area contributed by atoms with E-state index < -0.39 is 22.8 Å². The van der Waals surface area contributed by atoms with Gasteiger partial charge in [-0.15, -0.1) is 0 Å². The summed E-state index contributed by atoms with van der Waals surface area (Å²) in [7, 11) is 1.26. The summed E-state index contributed by atoms with van der Waals surface area (Å²) in [5.41, 5.74) is 0.143. The highest BCUT2D eigenvalue weighted by molar-refractivity contribution is 5.94. The van der Waals surface area contributed by atoms with E-state index in [1.54, 1.807) is 0 Å². The molecule has 1 amide bonds. The van der Waals surface area contributed by atoms with Gasteiger partial charge in [0.05, 0.1) is 31.1 Å². The van der Waals surface area contributed by atoms with Gasteiger partial charge in [-0.25, -0.2) is 0 Å². The van der Waals surface area contributed by atoms with E-state index in [4.69, 9.17) is 0 Å². The van der Waals surface area contributed by atoms with Crippen molar-refractivity contribution in [2.45, 2.75) is 25.8 Å². The van der Waals surface area contributed by atoms with Crippen LogP contribution in [-0.2, 0) is 9.53 Å². The number of aliphatic hydroxyl groups excluding tert-OH is 1. The SMILES string of the molecule is CCC(CO)N(CCC(=O)OC)C(=O)c1ccc([N+](=O)[O-])cc1. The smallest absolute Gasteiger partial charge is 0.307 e. The van der Waals surface area contributed by atoms with Crippen molar-refractivity contribution in [3.8, 4) is 0 Å². The van der Waals surface area contributed by atoms with Crippen molar-refractivity contribution in [1.29, 1.82) is 0 Å². The number of aliphatic hydroxyl groups is 1. The van der Waals surface area contributed by atoms with Crippen LogP contribution in [0.25, 0.3) is 0 Å². The van der Waals surface area contributed by atoms with Gasteiger partial charge < -0.3 is 14.7 Å². The lowest BCUT2D eigenvalue weighted by Gasteiger charge is -2.29. The molecule has 0 radical (unpaired) electrons. The third-order valence-corrected chi connectivity index (χ3v) is 3.49. The minimum atomic E-state index is -0.550. The zero-order valence-corrected chi connectivity index (χ0v) is 13.1. The predicted molar refractivity (Wildman–Crippen MR) is 81.9 cm³/mol. The number of ether oxygens (including phenoxy) is 1. The van der Waals surface area contributed by atoms with Crippen LogP contribution in [0.2, 0.25) is 0 Å². The van der Waals surface area contributed by atoms with Gasteiger partial charge in [-0.05, 0) is 18.6 Å². The molecule has 0 bridgehead atoms. The minimum absolute atomic E-state index is 0.00568. The van der Waals surface area contributed by atoms with E-state index in [0.717, 1.165) is 0 Å². The van der Waals surface area contributed by atoms with Gasteiger partial charge in [0.15, 0.2) is 0 Å². The number of methoxy groups -OCH3 is 1. The standard InChI is InChI=1S/C15H20N2O6/c1-3-12(10-18)16(9-8-14(19)23-2)15(20)11-4-6-13(7-5-11)17(21)22/h4-7,12,18H,3,8-10H2,1-2H3. The molecule has 23 heavy (non-hydrogen) atoms. The first-order chi connectivity index (χ1) is 10.9. The van der Waals surface area contributed by atoms with Crippen molar-refractivity contribution in [3.05, 3.63) is 39.9 Å². The number of amides is 1. The molecule has 1 unspecified atom stereocenters. The summed E-state index contributed by atoms with van der Waals surface area (Å²) in [6.07, 6.45) is 0.516. The maximum absolute atomic E-state index is 12.6. The topological polar surface area (TPSA) is 110 Å². The molecule has 8 heteroatoms. The number of esters is 1. The van der Waals surface area contributed by atoms with E-state index in [0.29, 0.717) is 6.42 Å². The first-order valence-corrected chi connectivity index (χ1v) is 7.17. The molecular formula is C15H20N2O6. The van der Waals surface area contributed by atoms with Crippen LogP contribution < -0.4 is 0 Å². The summed E-state index contributed by atoms with van der Waals surface area (Å²) in [6.45, 7) is 1.67. The first kappa shape index (κ1) is 18.6. The lowest BCUT2D eigenvalue weighted by atomic mass is 10.1. The monoisotopic (exact) mass is 324 g/mol. The largest absolute Gasteiger partial charge is 0.469 e. The Kier molecular flexibility index (Phi) is 7.14. The summed E-state index contributed by atoms with van der Waals surface area (Å²) in [6, 6.07) is 4.75. The zero-order chi connectivity index (χ0) is 17.4. The van der Waals surface area contributed by atoms with Gasteiger partial charge >= 0.3 is 5.97 Å². The lowest BCUT2D eigenvalue weighted by Crippen LogP contribution is -2.43. The van der Waals surface area contributed by atoms with Crippen molar-refractivity contribution >= 4 is 17.6 Å². The fraction of sp³-hybridized carbons (Fsp3) is 0.467. The maximum atomic E-state index is 12.6. The van der Waals surface area contributed by atoms with E-state index in [-0.39, 0.29) is 30.8 Å². The molecule has 0 heterocycles. The van der Waals surface area contributed by atoms with Gasteiger partial charge in [0.25, 0.3) is 11.6 Å². The van der Waals surface area contributed by atoms with Crippen LogP contribution in [0, 0.1) is 10.1 Å². The highest BCUT2D eigenvalue weighted by atomic mass is 16.6. The van der Waals surface area contributed by atoms with Gasteiger partial charge in [0.1, 0.15) is 0 Å². The second kappa shape index (κ2) is 8.84. The number of nitrogens with zero attached hydrogens (tertiary/aromatic N) is 2. The molecular weight excluding hydrogens is 304 g/mol. The third kappa shape index (κ3) is 5.03. The molecule has 0 saturated heterocycles. The van der Waals surface area contributed by atoms with E-state index in [2.05, 4.69) is 4.74 Å². The van der Waals surface area contributed by atoms with E-state index >= 15 is 0 Å². The molecule has 1 atom stereocenters. The molecule has 0 fully saturated rings.